The van der Waals surface area contributed by atoms with Crippen LogP contribution in [0.1, 0.15) is 23.6 Å². The van der Waals surface area contributed by atoms with Gasteiger partial charge in [-0.3, -0.25) is 0 Å². The summed E-state index contributed by atoms with van der Waals surface area (Å²) in [5.74, 6) is 3.17. The lowest BCUT2D eigenvalue weighted by Crippen LogP contribution is -2.31. The van der Waals surface area contributed by atoms with Gasteiger partial charge in [0.15, 0.2) is 5.11 Å². The average molecular weight is 370 g/mol. The minimum Gasteiger partial charge on any atom is -0.481 e. The summed E-state index contributed by atoms with van der Waals surface area (Å²) >= 11 is 11.1. The topological polar surface area (TPSA) is 50.8 Å². The van der Waals surface area contributed by atoms with Crippen LogP contribution in [0, 0.1) is 12.3 Å². The van der Waals surface area contributed by atoms with Crippen molar-refractivity contribution < 1.29 is 4.74 Å². The summed E-state index contributed by atoms with van der Waals surface area (Å²) in [5, 5.41) is 7.20. The van der Waals surface area contributed by atoms with E-state index in [9.17, 15) is 0 Å². The fourth-order valence-corrected chi connectivity index (χ4v) is 3.00. The van der Waals surface area contributed by atoms with Gasteiger partial charge in [-0.05, 0) is 47.6 Å². The van der Waals surface area contributed by atoms with Crippen molar-refractivity contribution in [1.82, 2.24) is 5.01 Å². The van der Waals surface area contributed by atoms with Gasteiger partial charge in [0.25, 0.3) is 0 Å². The molecular formula is C19H16ClN3OS. The maximum atomic E-state index is 5.96. The largest absolute Gasteiger partial charge is 0.481 e. The molecule has 1 heterocycles. The molecule has 1 atom stereocenters. The number of hydrogen-bond donors (Lipinski definition) is 1. The van der Waals surface area contributed by atoms with Crippen molar-refractivity contribution in [3.05, 3.63) is 64.7 Å². The highest BCUT2D eigenvalue weighted by molar-refractivity contribution is 7.80. The number of hydrazone groups is 1. The van der Waals surface area contributed by atoms with Crippen LogP contribution in [0.5, 0.6) is 5.75 Å². The van der Waals surface area contributed by atoms with E-state index < -0.39 is 0 Å². The molecule has 0 aliphatic carbocycles. The second-order valence-electron chi connectivity index (χ2n) is 5.52. The molecule has 2 aromatic rings. The molecule has 0 amide bonds. The number of benzene rings is 2. The van der Waals surface area contributed by atoms with Crippen LogP contribution in [0.2, 0.25) is 5.02 Å². The van der Waals surface area contributed by atoms with Crippen molar-refractivity contribution in [2.45, 2.75) is 12.5 Å². The summed E-state index contributed by atoms with van der Waals surface area (Å²) in [5.41, 5.74) is 8.84. The van der Waals surface area contributed by atoms with E-state index in [1.807, 2.05) is 48.5 Å². The zero-order valence-corrected chi connectivity index (χ0v) is 14.9. The van der Waals surface area contributed by atoms with Crippen molar-refractivity contribution in [3.63, 3.8) is 0 Å². The van der Waals surface area contributed by atoms with E-state index in [4.69, 9.17) is 40.7 Å². The Hall–Kier alpha value is -2.55. The Bertz CT molecular complexity index is 840. The predicted octanol–water partition coefficient (Wildman–Crippen LogP) is 3.75. The predicted molar refractivity (Wildman–Crippen MR) is 105 cm³/mol. The minimum absolute atomic E-state index is 0.0511. The van der Waals surface area contributed by atoms with Gasteiger partial charge in [-0.25, -0.2) is 5.01 Å². The first kappa shape index (κ1) is 17.3. The Morgan fingerprint density at radius 2 is 1.96 bits per heavy atom. The second-order valence-corrected chi connectivity index (χ2v) is 6.37. The zero-order chi connectivity index (χ0) is 17.8. The first-order valence-electron chi connectivity index (χ1n) is 7.67. The fourth-order valence-electron chi connectivity index (χ4n) is 2.70. The Labute approximate surface area is 157 Å². The fraction of sp³-hybridized carbons (Fsp3) is 0.158. The second kappa shape index (κ2) is 7.56. The SMILES string of the molecule is C#CCOc1ccc([C@H]2CC(c3ccc(Cl)cc3)=NN2C(N)=S)cc1. The number of thiocarbonyl (C=S) groups is 1. The van der Waals surface area contributed by atoms with Gasteiger partial charge in [0.05, 0.1) is 11.8 Å². The van der Waals surface area contributed by atoms with Crippen LogP contribution in [0.15, 0.2) is 53.6 Å². The number of halogens is 1. The number of ether oxygens (including phenoxy) is 1. The van der Waals surface area contributed by atoms with Crippen LogP contribution in [-0.4, -0.2) is 22.4 Å². The maximum Gasteiger partial charge on any atom is 0.187 e. The Morgan fingerprint density at radius 3 is 2.56 bits per heavy atom. The Morgan fingerprint density at radius 1 is 1.28 bits per heavy atom. The van der Waals surface area contributed by atoms with Crippen LogP contribution < -0.4 is 10.5 Å². The molecule has 1 aliphatic heterocycles. The minimum atomic E-state index is -0.0511. The summed E-state index contributed by atoms with van der Waals surface area (Å²) in [7, 11) is 0. The van der Waals surface area contributed by atoms with Gasteiger partial charge in [-0.2, -0.15) is 5.10 Å². The third-order valence-electron chi connectivity index (χ3n) is 3.90. The van der Waals surface area contributed by atoms with Crippen molar-refractivity contribution in [1.29, 1.82) is 0 Å². The lowest BCUT2D eigenvalue weighted by atomic mass is 9.98. The van der Waals surface area contributed by atoms with Gasteiger partial charge in [-0.1, -0.05) is 41.8 Å². The van der Waals surface area contributed by atoms with Gasteiger partial charge >= 0.3 is 0 Å². The molecule has 0 radical (unpaired) electrons. The Kier molecular flexibility index (Phi) is 5.22. The first-order chi connectivity index (χ1) is 12.1. The average Bonchev–Trinajstić information content (AvgIpc) is 3.06. The number of nitrogens with zero attached hydrogens (tertiary/aromatic N) is 2. The van der Waals surface area contributed by atoms with Gasteiger partial charge in [0, 0.05) is 11.4 Å². The van der Waals surface area contributed by atoms with Gasteiger partial charge in [-0.15, -0.1) is 6.42 Å². The molecule has 0 saturated heterocycles. The van der Waals surface area contributed by atoms with E-state index in [1.165, 1.54) is 0 Å². The molecule has 25 heavy (non-hydrogen) atoms. The molecule has 0 bridgehead atoms. The quantitative estimate of drug-likeness (QED) is 0.658. The van der Waals surface area contributed by atoms with Gasteiger partial charge < -0.3 is 10.5 Å². The van der Waals surface area contributed by atoms with E-state index >= 15 is 0 Å². The van der Waals surface area contributed by atoms with Crippen LogP contribution >= 0.6 is 23.8 Å². The smallest absolute Gasteiger partial charge is 0.187 e. The molecule has 3 rings (SSSR count). The lowest BCUT2D eigenvalue weighted by Gasteiger charge is -2.22. The van der Waals surface area contributed by atoms with E-state index in [0.29, 0.717) is 11.4 Å². The first-order valence-corrected chi connectivity index (χ1v) is 8.45. The molecule has 0 unspecified atom stereocenters. The van der Waals surface area contributed by atoms with E-state index in [2.05, 4.69) is 11.0 Å². The Balaban J connectivity index is 1.83. The molecule has 0 aromatic heterocycles. The number of hydrogen-bond acceptors (Lipinski definition) is 3. The van der Waals surface area contributed by atoms with Gasteiger partial charge in [0.2, 0.25) is 0 Å². The van der Waals surface area contributed by atoms with Crippen LogP contribution in [0.25, 0.3) is 0 Å². The summed E-state index contributed by atoms with van der Waals surface area (Å²) in [6.45, 7) is 0.242. The third kappa shape index (κ3) is 3.93. The van der Waals surface area contributed by atoms with E-state index in [0.717, 1.165) is 22.6 Å². The summed E-state index contributed by atoms with van der Waals surface area (Å²) < 4.78 is 5.41. The van der Waals surface area contributed by atoms with Crippen molar-refractivity contribution in [2.24, 2.45) is 10.8 Å². The number of nitrogens with two attached hydrogens (primary N) is 1. The molecule has 0 spiro atoms. The summed E-state index contributed by atoms with van der Waals surface area (Å²) in [4.78, 5) is 0. The lowest BCUT2D eigenvalue weighted by molar-refractivity contribution is 0.364. The molecule has 1 aliphatic rings. The highest BCUT2D eigenvalue weighted by atomic mass is 35.5. The van der Waals surface area contributed by atoms with Crippen LogP contribution in [0.3, 0.4) is 0 Å². The molecule has 126 valence electrons. The molecule has 2 N–H and O–H groups in total. The molecule has 4 nitrogen and oxygen atoms in total. The number of rotatable bonds is 4. The molecule has 0 fully saturated rings. The molecule has 2 aromatic carbocycles. The zero-order valence-electron chi connectivity index (χ0n) is 13.4. The third-order valence-corrected chi connectivity index (χ3v) is 4.34. The van der Waals surface area contributed by atoms with Crippen LogP contribution in [0.4, 0.5) is 0 Å². The highest BCUT2D eigenvalue weighted by Crippen LogP contribution is 2.33. The monoisotopic (exact) mass is 369 g/mol. The molecule has 6 heteroatoms. The highest BCUT2D eigenvalue weighted by Gasteiger charge is 2.30. The normalized spacial score (nSPS) is 16.2. The van der Waals surface area contributed by atoms with E-state index in [1.54, 1.807) is 5.01 Å². The summed E-state index contributed by atoms with van der Waals surface area (Å²) in [6, 6.07) is 15.2. The number of terminal acetylenes is 1. The molecular weight excluding hydrogens is 354 g/mol. The summed E-state index contributed by atoms with van der Waals surface area (Å²) in [6.07, 6.45) is 5.90. The van der Waals surface area contributed by atoms with Crippen molar-refractivity contribution in [3.8, 4) is 18.1 Å². The van der Waals surface area contributed by atoms with E-state index in [-0.39, 0.29) is 17.8 Å². The van der Waals surface area contributed by atoms with Crippen molar-refractivity contribution in [2.75, 3.05) is 6.61 Å². The molecule has 0 saturated carbocycles. The van der Waals surface area contributed by atoms with Crippen LogP contribution in [-0.2, 0) is 0 Å². The van der Waals surface area contributed by atoms with Crippen molar-refractivity contribution >= 4 is 34.6 Å². The standard InChI is InChI=1S/C19H16ClN3OS/c1-2-11-24-16-9-5-14(6-10-16)18-12-17(22-23(18)19(21)25)13-3-7-15(20)8-4-13/h1,3-10,18H,11-12H2,(H2,21,25)/t18-/m1/s1. The maximum absolute atomic E-state index is 5.96. The van der Waals surface area contributed by atoms with Gasteiger partial charge in [0.1, 0.15) is 12.4 Å².